The van der Waals surface area contributed by atoms with Crippen LogP contribution < -0.4 is 5.32 Å². The number of nitrogens with one attached hydrogen (secondary N) is 1. The fourth-order valence-corrected chi connectivity index (χ4v) is 3.55. The SMILES string of the molecule is CCOC(=O)c1ccccc1NC(=O)CCN(C(C)CC)S(C)(=O)=O. The average Bonchev–Trinajstić information content (AvgIpc) is 2.54. The number of nitrogens with zero attached hydrogens (tertiary/aromatic N) is 1. The first-order chi connectivity index (χ1) is 11.7. The summed E-state index contributed by atoms with van der Waals surface area (Å²) in [4.78, 5) is 24.1. The van der Waals surface area contributed by atoms with E-state index in [0.717, 1.165) is 6.26 Å². The highest BCUT2D eigenvalue weighted by atomic mass is 32.2. The first kappa shape index (κ1) is 21.1. The van der Waals surface area contributed by atoms with Gasteiger partial charge >= 0.3 is 5.97 Å². The molecule has 0 radical (unpaired) electrons. The van der Waals surface area contributed by atoms with Gasteiger partial charge in [0.05, 0.1) is 24.1 Å². The van der Waals surface area contributed by atoms with Crippen LogP contribution in [-0.2, 0) is 19.6 Å². The molecule has 0 spiro atoms. The third-order valence-corrected chi connectivity index (χ3v) is 5.16. The van der Waals surface area contributed by atoms with E-state index in [0.29, 0.717) is 12.1 Å². The van der Waals surface area contributed by atoms with Crippen LogP contribution in [0.5, 0.6) is 0 Å². The summed E-state index contributed by atoms with van der Waals surface area (Å²) in [6.45, 7) is 5.71. The molecule has 8 heteroatoms. The monoisotopic (exact) mass is 370 g/mol. The number of hydrogen-bond acceptors (Lipinski definition) is 5. The van der Waals surface area contributed by atoms with E-state index in [1.165, 1.54) is 4.31 Å². The quantitative estimate of drug-likeness (QED) is 0.673. The molecule has 0 fully saturated rings. The Morgan fingerprint density at radius 1 is 1.24 bits per heavy atom. The predicted molar refractivity (Wildman–Crippen MR) is 96.9 cm³/mol. The Morgan fingerprint density at radius 2 is 1.88 bits per heavy atom. The maximum absolute atomic E-state index is 12.2. The number of amides is 1. The van der Waals surface area contributed by atoms with E-state index >= 15 is 0 Å². The Hall–Kier alpha value is -1.93. The Morgan fingerprint density at radius 3 is 2.44 bits per heavy atom. The van der Waals surface area contributed by atoms with Gasteiger partial charge in [-0.1, -0.05) is 19.1 Å². The largest absolute Gasteiger partial charge is 0.462 e. The van der Waals surface area contributed by atoms with Gasteiger partial charge in [0.1, 0.15) is 0 Å². The summed E-state index contributed by atoms with van der Waals surface area (Å²) in [6.07, 6.45) is 1.78. The Kier molecular flexibility index (Phi) is 8.05. The molecule has 1 atom stereocenters. The van der Waals surface area contributed by atoms with Crippen molar-refractivity contribution in [1.29, 1.82) is 0 Å². The molecule has 1 amide bonds. The molecule has 0 heterocycles. The number of sulfonamides is 1. The molecule has 7 nitrogen and oxygen atoms in total. The fraction of sp³-hybridized carbons (Fsp3) is 0.529. The maximum atomic E-state index is 12.2. The van der Waals surface area contributed by atoms with Crippen LogP contribution in [0.1, 0.15) is 44.0 Å². The molecule has 0 aliphatic carbocycles. The van der Waals surface area contributed by atoms with Gasteiger partial charge < -0.3 is 10.1 Å². The van der Waals surface area contributed by atoms with Crippen molar-refractivity contribution in [2.45, 2.75) is 39.7 Å². The minimum Gasteiger partial charge on any atom is -0.462 e. The molecule has 1 N–H and O–H groups in total. The van der Waals surface area contributed by atoms with E-state index < -0.39 is 16.0 Å². The number of esters is 1. The number of hydrogen-bond donors (Lipinski definition) is 1. The van der Waals surface area contributed by atoms with E-state index in [4.69, 9.17) is 4.74 Å². The zero-order chi connectivity index (χ0) is 19.0. The van der Waals surface area contributed by atoms with E-state index in [1.807, 2.05) is 6.92 Å². The zero-order valence-electron chi connectivity index (χ0n) is 15.1. The average molecular weight is 370 g/mol. The van der Waals surface area contributed by atoms with Crippen LogP contribution >= 0.6 is 0 Å². The van der Waals surface area contributed by atoms with Gasteiger partial charge in [-0.3, -0.25) is 4.79 Å². The Labute approximate surface area is 149 Å². The van der Waals surface area contributed by atoms with Gasteiger partial charge in [0, 0.05) is 19.0 Å². The zero-order valence-corrected chi connectivity index (χ0v) is 15.9. The first-order valence-electron chi connectivity index (χ1n) is 8.23. The number of anilines is 1. The van der Waals surface area contributed by atoms with E-state index in [2.05, 4.69) is 5.32 Å². The summed E-state index contributed by atoms with van der Waals surface area (Å²) in [5, 5.41) is 2.65. The van der Waals surface area contributed by atoms with Gasteiger partial charge in [-0.05, 0) is 32.4 Å². The third-order valence-electron chi connectivity index (χ3n) is 3.76. The molecule has 25 heavy (non-hydrogen) atoms. The summed E-state index contributed by atoms with van der Waals surface area (Å²) in [7, 11) is -3.39. The highest BCUT2D eigenvalue weighted by molar-refractivity contribution is 7.88. The van der Waals surface area contributed by atoms with E-state index in [1.54, 1.807) is 38.1 Å². The summed E-state index contributed by atoms with van der Waals surface area (Å²) in [6, 6.07) is 6.36. The van der Waals surface area contributed by atoms with Crippen molar-refractivity contribution in [2.24, 2.45) is 0 Å². The summed E-state index contributed by atoms with van der Waals surface area (Å²) in [5.74, 6) is -0.885. The van der Waals surface area contributed by atoms with Gasteiger partial charge in [-0.25, -0.2) is 13.2 Å². The van der Waals surface area contributed by atoms with Crippen LogP contribution in [-0.4, -0.2) is 50.0 Å². The minimum absolute atomic E-state index is 0.00539. The summed E-state index contributed by atoms with van der Waals surface area (Å²) < 4.78 is 30.0. The van der Waals surface area contributed by atoms with Crippen LogP contribution in [0.15, 0.2) is 24.3 Å². The van der Waals surface area contributed by atoms with Crippen molar-refractivity contribution in [3.8, 4) is 0 Å². The summed E-state index contributed by atoms with van der Waals surface area (Å²) in [5.41, 5.74) is 0.611. The molecule has 0 aliphatic heterocycles. The molecule has 0 aliphatic rings. The van der Waals surface area contributed by atoms with Crippen molar-refractivity contribution in [3.05, 3.63) is 29.8 Å². The first-order valence-corrected chi connectivity index (χ1v) is 10.1. The molecule has 0 saturated carbocycles. The van der Waals surface area contributed by atoms with Gasteiger partial charge in [-0.2, -0.15) is 4.31 Å². The second-order valence-corrected chi connectivity index (χ2v) is 7.63. The minimum atomic E-state index is -3.39. The molecule has 0 bridgehead atoms. The van der Waals surface area contributed by atoms with Gasteiger partial charge in [0.15, 0.2) is 0 Å². The highest BCUT2D eigenvalue weighted by Crippen LogP contribution is 2.17. The lowest BCUT2D eigenvalue weighted by Crippen LogP contribution is -2.39. The Balaban J connectivity index is 2.79. The van der Waals surface area contributed by atoms with Gasteiger partial charge in [0.25, 0.3) is 0 Å². The molecular weight excluding hydrogens is 344 g/mol. The van der Waals surface area contributed by atoms with E-state index in [-0.39, 0.29) is 37.1 Å². The lowest BCUT2D eigenvalue weighted by atomic mass is 10.1. The number of carbonyl (C=O) groups excluding carboxylic acids is 2. The van der Waals surface area contributed by atoms with Crippen molar-refractivity contribution in [2.75, 3.05) is 24.7 Å². The Bertz CT molecular complexity index is 703. The van der Waals surface area contributed by atoms with Crippen LogP contribution in [0, 0.1) is 0 Å². The number of para-hydroxylation sites is 1. The highest BCUT2D eigenvalue weighted by Gasteiger charge is 2.23. The number of carbonyl (C=O) groups is 2. The van der Waals surface area contributed by atoms with Crippen molar-refractivity contribution >= 4 is 27.6 Å². The fourth-order valence-electron chi connectivity index (χ4n) is 2.32. The van der Waals surface area contributed by atoms with E-state index in [9.17, 15) is 18.0 Å². The number of ether oxygens (including phenoxy) is 1. The topological polar surface area (TPSA) is 92.8 Å². The van der Waals surface area contributed by atoms with Crippen molar-refractivity contribution < 1.29 is 22.7 Å². The molecular formula is C17H26N2O5S. The summed E-state index contributed by atoms with van der Waals surface area (Å²) >= 11 is 0. The van der Waals surface area contributed by atoms with Gasteiger partial charge in [0.2, 0.25) is 15.9 Å². The molecule has 0 saturated heterocycles. The standard InChI is InChI=1S/C17H26N2O5S/c1-5-13(3)19(25(4,22)23)12-11-16(20)18-15-10-8-7-9-14(15)17(21)24-6-2/h7-10,13H,5-6,11-12H2,1-4H3,(H,18,20). The van der Waals surface area contributed by atoms with Crippen molar-refractivity contribution in [1.82, 2.24) is 4.31 Å². The van der Waals surface area contributed by atoms with Crippen molar-refractivity contribution in [3.63, 3.8) is 0 Å². The second kappa shape index (κ2) is 9.53. The molecule has 140 valence electrons. The second-order valence-electron chi connectivity index (χ2n) is 5.70. The molecule has 0 aromatic heterocycles. The van der Waals surface area contributed by atoms with Crippen LogP contribution in [0.3, 0.4) is 0 Å². The molecule has 1 aromatic carbocycles. The molecule has 1 rings (SSSR count). The lowest BCUT2D eigenvalue weighted by Gasteiger charge is -2.25. The predicted octanol–water partition coefficient (Wildman–Crippen LogP) is 2.25. The number of rotatable bonds is 9. The van der Waals surface area contributed by atoms with Crippen LogP contribution in [0.2, 0.25) is 0 Å². The smallest absolute Gasteiger partial charge is 0.340 e. The van der Waals surface area contributed by atoms with Crippen LogP contribution in [0.25, 0.3) is 0 Å². The normalized spacial score (nSPS) is 12.7. The lowest BCUT2D eigenvalue weighted by molar-refractivity contribution is -0.116. The maximum Gasteiger partial charge on any atom is 0.340 e. The molecule has 1 unspecified atom stereocenters. The third kappa shape index (κ3) is 6.47. The number of benzene rings is 1. The van der Waals surface area contributed by atoms with Gasteiger partial charge in [-0.15, -0.1) is 0 Å². The molecule has 1 aromatic rings. The van der Waals surface area contributed by atoms with Crippen LogP contribution in [0.4, 0.5) is 5.69 Å².